The van der Waals surface area contributed by atoms with Gasteiger partial charge in [0.05, 0.1) is 33.0 Å². The van der Waals surface area contributed by atoms with Gasteiger partial charge in [-0.25, -0.2) is 28.7 Å². The second-order valence-electron chi connectivity index (χ2n) is 10.2. The van der Waals surface area contributed by atoms with Gasteiger partial charge < -0.3 is 11.5 Å². The Morgan fingerprint density at radius 3 is 1.18 bits per heavy atom. The summed E-state index contributed by atoms with van der Waals surface area (Å²) in [6.07, 6.45) is 0. The standard InChI is InChI=1S/C21H13ClFN3.C15H10ClN3.C6H5BClFO2.H/c22-16-11-12-18(23)17(13-16)21-25-19(14-7-3-1-4-8-14)24-20(26-21)15-9-5-2-6-10-15;16-15-18-13(11-7-3-1-4-8-11)17-14(19-15)12-9-5-2-6-10-12;8-4-1-2-6(9)5(3-4)7(10)11;/h1-13H;1-10H;1-3,10-11H;/q;;;-1/i2*1D,2D,3D,4D,5D,6D,7D,8D,9D,10D;;1+2. The molecule has 14 heteroatoms. The average molecular weight is 827 g/mol. The number of hydrogen-bond donors (Lipinski definition) is 2. The van der Waals surface area contributed by atoms with Crippen molar-refractivity contribution in [2.75, 3.05) is 0 Å². The zero-order chi connectivity index (χ0) is 56.8. The smallest absolute Gasteiger partial charge is 0.491 e. The maximum absolute atomic E-state index is 14.7. The molecule has 0 bridgehead atoms. The van der Waals surface area contributed by atoms with Gasteiger partial charge in [-0.2, -0.15) is 9.97 Å². The predicted octanol–water partition coefficient (Wildman–Crippen LogP) is 9.80. The molecule has 0 spiro atoms. The number of rotatable bonds is 6. The van der Waals surface area contributed by atoms with E-state index in [0.717, 1.165) is 12.1 Å². The molecule has 0 fully saturated rings. The van der Waals surface area contributed by atoms with Crippen molar-refractivity contribution in [2.24, 2.45) is 0 Å². The molecule has 0 radical (unpaired) electrons. The minimum absolute atomic E-state index is 0. The summed E-state index contributed by atoms with van der Waals surface area (Å²) in [5.74, 6) is -3.63. The van der Waals surface area contributed by atoms with Crippen molar-refractivity contribution >= 4 is 47.4 Å². The zero-order valence-corrected chi connectivity index (χ0v) is 29.8. The van der Waals surface area contributed by atoms with E-state index in [-0.39, 0.29) is 45.3 Å². The predicted molar refractivity (Wildman–Crippen MR) is 219 cm³/mol. The molecule has 2 aromatic heterocycles. The largest absolute Gasteiger partial charge is 1.00 e. The second kappa shape index (κ2) is 19.1. The normalized spacial score (nSPS) is 15.4. The van der Waals surface area contributed by atoms with Crippen LogP contribution in [0.3, 0.4) is 0 Å². The first kappa shape index (κ1) is 21.4. The molecular weight excluding hydrogens is 776 g/mol. The van der Waals surface area contributed by atoms with Crippen molar-refractivity contribution in [3.8, 4) is 56.9 Å². The van der Waals surface area contributed by atoms with Gasteiger partial charge in [0.15, 0.2) is 29.1 Å². The maximum atomic E-state index is 14.7. The molecule has 8 nitrogen and oxygen atoms in total. The van der Waals surface area contributed by atoms with Crippen molar-refractivity contribution in [1.29, 1.82) is 0 Å². The van der Waals surface area contributed by atoms with Crippen LogP contribution in [0.5, 0.6) is 0 Å². The van der Waals surface area contributed by atoms with Crippen molar-refractivity contribution in [3.63, 3.8) is 0 Å². The third-order valence-corrected chi connectivity index (χ3v) is 7.18. The molecule has 278 valence electrons. The molecule has 0 atom stereocenters. The molecule has 6 aromatic carbocycles. The molecule has 56 heavy (non-hydrogen) atoms. The Balaban J connectivity index is 0.000000238. The third-order valence-electron chi connectivity index (χ3n) is 6.54. The van der Waals surface area contributed by atoms with Crippen LogP contribution >= 0.6 is 34.8 Å². The van der Waals surface area contributed by atoms with Crippen LogP contribution in [0, 0.1) is 11.6 Å². The molecule has 8 aromatic rings. The van der Waals surface area contributed by atoms with Crippen LogP contribution in [0.15, 0.2) is 157 Å². The fourth-order valence-corrected chi connectivity index (χ4v) is 4.63. The lowest BCUT2D eigenvalue weighted by Gasteiger charge is -2.09. The highest BCUT2D eigenvalue weighted by molar-refractivity contribution is 6.59. The lowest BCUT2D eigenvalue weighted by molar-refractivity contribution is 0.423. The number of benzene rings is 6. The molecule has 0 amide bonds. The fourth-order valence-electron chi connectivity index (χ4n) is 4.12. The number of halogens is 5. The average Bonchev–Trinajstić information content (AvgIpc) is 3.38. The van der Waals surface area contributed by atoms with Gasteiger partial charge in [0.25, 0.3) is 0 Å². The minimum Gasteiger partial charge on any atom is -1.00 e. The van der Waals surface area contributed by atoms with Gasteiger partial charge in [0, 0.05) is 37.8 Å². The van der Waals surface area contributed by atoms with E-state index in [9.17, 15) is 8.78 Å². The number of nitrogens with zero attached hydrogens (tertiary/aromatic N) is 6. The van der Waals surface area contributed by atoms with E-state index in [1.165, 1.54) is 24.3 Å². The number of aromatic nitrogens is 6. The van der Waals surface area contributed by atoms with Crippen LogP contribution in [0.2, 0.25) is 15.3 Å². The third kappa shape index (κ3) is 10.6. The Hall–Kier alpha value is -5.95. The molecule has 2 heterocycles. The summed E-state index contributed by atoms with van der Waals surface area (Å²) >= 11 is 17.4. The van der Waals surface area contributed by atoms with Crippen LogP contribution in [-0.2, 0) is 0 Å². The molecule has 8 rings (SSSR count). The Labute approximate surface area is 365 Å². The van der Waals surface area contributed by atoms with Gasteiger partial charge >= 0.3 is 7.12 Å². The summed E-state index contributed by atoms with van der Waals surface area (Å²) in [6, 6.07) is -5.51. The highest BCUT2D eigenvalue weighted by atomic mass is 35.5. The molecule has 0 saturated heterocycles. The summed E-state index contributed by atoms with van der Waals surface area (Å²) < 4.78 is 186. The summed E-state index contributed by atoms with van der Waals surface area (Å²) in [4.78, 5) is 23.9. The molecular formula is C42H29BCl3F2N6O2-. The van der Waals surface area contributed by atoms with E-state index in [1.807, 2.05) is 0 Å². The van der Waals surface area contributed by atoms with E-state index in [0.29, 0.717) is 0 Å². The Kier molecular flexibility index (Phi) is 7.28. The van der Waals surface area contributed by atoms with Crippen LogP contribution in [-0.4, -0.2) is 47.1 Å². The van der Waals surface area contributed by atoms with Crippen LogP contribution in [0.4, 0.5) is 8.78 Å². The van der Waals surface area contributed by atoms with E-state index in [4.69, 9.17) is 72.3 Å². The minimum atomic E-state index is -1.81. The van der Waals surface area contributed by atoms with E-state index in [1.54, 1.807) is 0 Å². The van der Waals surface area contributed by atoms with Gasteiger partial charge in [-0.3, -0.25) is 0 Å². The topological polar surface area (TPSA) is 118 Å². The Morgan fingerprint density at radius 2 is 0.804 bits per heavy atom. The van der Waals surface area contributed by atoms with E-state index in [2.05, 4.69) is 29.9 Å². The molecule has 0 saturated carbocycles. The Bertz CT molecular complexity index is 3420. The highest BCUT2D eigenvalue weighted by Gasteiger charge is 2.17. The van der Waals surface area contributed by atoms with Gasteiger partial charge in [-0.05, 0) is 48.0 Å². The van der Waals surface area contributed by atoms with Crippen LogP contribution in [0.25, 0.3) is 56.9 Å². The molecule has 0 aliphatic heterocycles. The lowest BCUT2D eigenvalue weighted by atomic mass is 9.80. The van der Waals surface area contributed by atoms with E-state index < -0.39 is 173 Å². The molecule has 0 aliphatic rings. The summed E-state index contributed by atoms with van der Waals surface area (Å²) in [5.41, 5.74) is -2.05. The highest BCUT2D eigenvalue weighted by Crippen LogP contribution is 2.28. The van der Waals surface area contributed by atoms with Crippen LogP contribution < -0.4 is 5.46 Å². The second-order valence-corrected chi connectivity index (χ2v) is 11.4. The van der Waals surface area contributed by atoms with Gasteiger partial charge in [0.2, 0.25) is 5.28 Å². The molecule has 0 aliphatic carbocycles. The summed E-state index contributed by atoms with van der Waals surface area (Å²) in [5, 5.41) is 17.1. The van der Waals surface area contributed by atoms with Gasteiger partial charge in [0.1, 0.15) is 11.6 Å². The summed E-state index contributed by atoms with van der Waals surface area (Å²) in [7, 11) is -1.81. The SMILES string of the molecule is OB(O)c1cc(Cl)ccc1F.[2H]c1c([2H])c([2H])c(-c2nc(-c3cc(Cl)ccc3F)nc(-c3c([2H])c([2H])c([2H])c([2H])c3[2H])n2)c([2H])c1[2H].[2H]c1c([2H])c([2H])c(-c2nc(Cl)nc(-c3c([2H])c([2H])c([2H])c([2H])c3[2H])n2)c([2H])c1[2H].[3H-]. The van der Waals surface area contributed by atoms with Crippen molar-refractivity contribution in [1.82, 2.24) is 29.9 Å². The monoisotopic (exact) mass is 825 g/mol. The first-order valence-electron chi connectivity index (χ1n) is 25.2. The quantitative estimate of drug-likeness (QED) is 0.159. The van der Waals surface area contributed by atoms with Crippen molar-refractivity contribution < 1.29 is 47.7 Å². The fraction of sp³-hybridized carbons (Fsp3) is 0. The van der Waals surface area contributed by atoms with Gasteiger partial charge in [-0.15, -0.1) is 0 Å². The number of hydrogen-bond acceptors (Lipinski definition) is 8. The molecule has 2 N–H and O–H groups in total. The van der Waals surface area contributed by atoms with Gasteiger partial charge in [-0.1, -0.05) is 144 Å². The Morgan fingerprint density at radius 1 is 0.464 bits per heavy atom. The summed E-state index contributed by atoms with van der Waals surface area (Å²) in [6.45, 7) is 0. The van der Waals surface area contributed by atoms with Crippen molar-refractivity contribution in [2.45, 2.75) is 0 Å². The maximum Gasteiger partial charge on any atom is 0.491 e. The molecule has 0 unspecified atom stereocenters. The first-order chi connectivity index (χ1) is 35.4. The van der Waals surface area contributed by atoms with Crippen molar-refractivity contribution in [3.05, 3.63) is 184 Å². The van der Waals surface area contributed by atoms with E-state index >= 15 is 0 Å². The lowest BCUT2D eigenvalue weighted by Crippen LogP contribution is -2.32. The van der Waals surface area contributed by atoms with Crippen LogP contribution in [0.1, 0.15) is 28.8 Å². The zero-order valence-electron chi connectivity index (χ0n) is 48.5. The first-order valence-corrected chi connectivity index (χ1v) is 16.3.